The Bertz CT molecular complexity index is 754. The Morgan fingerprint density at radius 1 is 1.00 bits per heavy atom. The maximum absolute atomic E-state index is 12.2. The highest BCUT2D eigenvalue weighted by Gasteiger charge is 2.26. The number of aliphatic carboxylic acids is 2. The van der Waals surface area contributed by atoms with Crippen molar-refractivity contribution in [2.75, 3.05) is 6.54 Å². The van der Waals surface area contributed by atoms with E-state index in [0.717, 1.165) is 5.56 Å². The van der Waals surface area contributed by atoms with Crippen molar-refractivity contribution in [3.05, 3.63) is 35.9 Å². The van der Waals surface area contributed by atoms with Crippen LogP contribution in [0.5, 0.6) is 0 Å². The molecule has 0 bridgehead atoms. The molecule has 158 valence electrons. The van der Waals surface area contributed by atoms with Gasteiger partial charge in [0, 0.05) is 0 Å². The van der Waals surface area contributed by atoms with Crippen molar-refractivity contribution < 1.29 is 34.2 Å². The van der Waals surface area contributed by atoms with Gasteiger partial charge in [-0.15, -0.1) is 0 Å². The molecule has 3 amide bonds. The van der Waals surface area contributed by atoms with Gasteiger partial charge in [0.2, 0.25) is 17.7 Å². The van der Waals surface area contributed by atoms with Gasteiger partial charge in [-0.1, -0.05) is 30.3 Å². The average Bonchev–Trinajstić information content (AvgIpc) is 2.65. The van der Waals surface area contributed by atoms with Crippen molar-refractivity contribution >= 4 is 29.7 Å². The summed E-state index contributed by atoms with van der Waals surface area (Å²) in [5.74, 6) is -5.02. The van der Waals surface area contributed by atoms with Crippen LogP contribution in [0.25, 0.3) is 0 Å². The van der Waals surface area contributed by atoms with Gasteiger partial charge in [-0.3, -0.25) is 24.0 Å². The summed E-state index contributed by atoms with van der Waals surface area (Å²) in [6.45, 7) is 0.655. The molecule has 0 spiro atoms. The number of hydrogen-bond acceptors (Lipinski definition) is 6. The van der Waals surface area contributed by atoms with Crippen molar-refractivity contribution in [3.8, 4) is 0 Å². The third-order valence-electron chi connectivity index (χ3n) is 3.82. The molecule has 0 aliphatic rings. The summed E-state index contributed by atoms with van der Waals surface area (Å²) in [5, 5.41) is 24.3. The molecular weight excluding hydrogens is 384 g/mol. The first-order chi connectivity index (χ1) is 13.6. The van der Waals surface area contributed by atoms with Gasteiger partial charge in [0.1, 0.15) is 12.1 Å². The number of rotatable bonds is 11. The molecule has 3 atom stereocenters. The van der Waals surface area contributed by atoms with Gasteiger partial charge in [-0.25, -0.2) is 0 Å². The van der Waals surface area contributed by atoms with E-state index in [1.54, 1.807) is 30.3 Å². The summed E-state index contributed by atoms with van der Waals surface area (Å²) >= 11 is 0. The first-order valence-electron chi connectivity index (χ1n) is 8.71. The fourth-order valence-corrected chi connectivity index (χ4v) is 2.27. The Morgan fingerprint density at radius 2 is 1.62 bits per heavy atom. The average molecular weight is 408 g/mol. The zero-order chi connectivity index (χ0) is 22.0. The first-order valence-corrected chi connectivity index (χ1v) is 8.71. The van der Waals surface area contributed by atoms with Gasteiger partial charge in [0.25, 0.3) is 0 Å². The normalized spacial score (nSPS) is 13.4. The van der Waals surface area contributed by atoms with Crippen LogP contribution < -0.4 is 21.7 Å². The Hall–Kier alpha value is -3.47. The fraction of sp³-hybridized carbons (Fsp3) is 0.389. The topological polar surface area (TPSA) is 188 Å². The number of amides is 3. The molecule has 7 N–H and O–H groups in total. The third-order valence-corrected chi connectivity index (χ3v) is 3.82. The van der Waals surface area contributed by atoms with Crippen LogP contribution in [-0.2, 0) is 30.4 Å². The molecule has 0 aliphatic heterocycles. The smallest absolute Gasteiger partial charge is 0.325 e. The van der Waals surface area contributed by atoms with Crippen molar-refractivity contribution in [3.63, 3.8) is 0 Å². The summed E-state index contributed by atoms with van der Waals surface area (Å²) < 4.78 is 0. The molecule has 0 saturated carbocycles. The lowest BCUT2D eigenvalue weighted by molar-refractivity contribution is -0.142. The van der Waals surface area contributed by atoms with E-state index < -0.39 is 60.8 Å². The maximum atomic E-state index is 12.2. The molecule has 1 aromatic carbocycles. The van der Waals surface area contributed by atoms with E-state index in [4.69, 9.17) is 15.9 Å². The minimum atomic E-state index is -1.45. The number of carbonyl (C=O) groups excluding carboxylic acids is 3. The predicted octanol–water partition coefficient (Wildman–Crippen LogP) is -1.78. The molecule has 1 rings (SSSR count). The summed E-state index contributed by atoms with van der Waals surface area (Å²) in [6, 6.07) is 5.26. The minimum Gasteiger partial charge on any atom is -0.481 e. The SMILES string of the molecule is CC(NC(=O)CNC(=O)C(CC(=O)O)NC(=O)C(N)Cc1ccccc1)C(=O)O. The standard InChI is InChI=1S/C18H24N4O7/c1-10(18(28)29)21-14(23)9-20-17(27)13(8-15(24)25)22-16(26)12(19)7-11-5-3-2-4-6-11/h2-6,10,12-13H,7-9,19H2,1H3,(H,20,27)(H,21,23)(H,22,26)(H,24,25)(H,28,29). The largest absolute Gasteiger partial charge is 0.481 e. The fourth-order valence-electron chi connectivity index (χ4n) is 2.27. The quantitative estimate of drug-likeness (QED) is 0.248. The van der Waals surface area contributed by atoms with E-state index in [2.05, 4.69) is 16.0 Å². The Kier molecular flexibility index (Phi) is 9.26. The van der Waals surface area contributed by atoms with Gasteiger partial charge in [-0.2, -0.15) is 0 Å². The van der Waals surface area contributed by atoms with Crippen molar-refractivity contribution in [1.29, 1.82) is 0 Å². The molecule has 11 heteroatoms. The molecule has 0 fully saturated rings. The monoisotopic (exact) mass is 408 g/mol. The van der Waals surface area contributed by atoms with E-state index in [9.17, 15) is 24.0 Å². The predicted molar refractivity (Wildman–Crippen MR) is 101 cm³/mol. The van der Waals surface area contributed by atoms with Crippen LogP contribution in [-0.4, -0.2) is 64.5 Å². The number of nitrogens with two attached hydrogens (primary N) is 1. The Balaban J connectivity index is 2.64. The highest BCUT2D eigenvalue weighted by atomic mass is 16.4. The van der Waals surface area contributed by atoms with Crippen LogP contribution >= 0.6 is 0 Å². The van der Waals surface area contributed by atoms with Crippen LogP contribution in [0.1, 0.15) is 18.9 Å². The van der Waals surface area contributed by atoms with Gasteiger partial charge >= 0.3 is 11.9 Å². The van der Waals surface area contributed by atoms with E-state index in [0.29, 0.717) is 0 Å². The van der Waals surface area contributed by atoms with Crippen molar-refractivity contribution in [2.24, 2.45) is 5.73 Å². The number of carbonyl (C=O) groups is 5. The Labute approximate surface area is 166 Å². The van der Waals surface area contributed by atoms with Crippen LogP contribution in [0.4, 0.5) is 0 Å². The number of nitrogens with one attached hydrogen (secondary N) is 3. The van der Waals surface area contributed by atoms with Crippen LogP contribution in [0.15, 0.2) is 30.3 Å². The lowest BCUT2D eigenvalue weighted by Gasteiger charge is -2.19. The number of carboxylic acids is 2. The molecule has 1 aromatic rings. The zero-order valence-corrected chi connectivity index (χ0v) is 15.8. The first kappa shape index (κ1) is 23.6. The maximum Gasteiger partial charge on any atom is 0.325 e. The zero-order valence-electron chi connectivity index (χ0n) is 15.8. The highest BCUT2D eigenvalue weighted by Crippen LogP contribution is 2.03. The van der Waals surface area contributed by atoms with Gasteiger partial charge in [0.05, 0.1) is 19.0 Å². The van der Waals surface area contributed by atoms with E-state index in [1.165, 1.54) is 6.92 Å². The van der Waals surface area contributed by atoms with Crippen LogP contribution in [0.2, 0.25) is 0 Å². The number of benzene rings is 1. The third kappa shape index (κ3) is 8.84. The Morgan fingerprint density at radius 3 is 2.17 bits per heavy atom. The molecule has 0 saturated heterocycles. The molecule has 3 unspecified atom stereocenters. The molecule has 29 heavy (non-hydrogen) atoms. The number of hydrogen-bond donors (Lipinski definition) is 6. The molecule has 0 radical (unpaired) electrons. The number of carboxylic acid groups (broad SMARTS) is 2. The van der Waals surface area contributed by atoms with E-state index >= 15 is 0 Å². The second-order valence-electron chi connectivity index (χ2n) is 6.30. The summed E-state index contributed by atoms with van der Waals surface area (Å²) in [6.07, 6.45) is -0.535. The van der Waals surface area contributed by atoms with Crippen molar-refractivity contribution in [1.82, 2.24) is 16.0 Å². The summed E-state index contributed by atoms with van der Waals surface area (Å²) in [4.78, 5) is 57.8. The summed E-state index contributed by atoms with van der Waals surface area (Å²) in [7, 11) is 0. The van der Waals surface area contributed by atoms with Gasteiger partial charge < -0.3 is 31.9 Å². The second-order valence-corrected chi connectivity index (χ2v) is 6.30. The van der Waals surface area contributed by atoms with E-state index in [-0.39, 0.29) is 6.42 Å². The van der Waals surface area contributed by atoms with Crippen LogP contribution in [0.3, 0.4) is 0 Å². The van der Waals surface area contributed by atoms with Gasteiger partial charge in [-0.05, 0) is 18.9 Å². The lowest BCUT2D eigenvalue weighted by atomic mass is 10.1. The van der Waals surface area contributed by atoms with Crippen LogP contribution in [0, 0.1) is 0 Å². The second kappa shape index (κ2) is 11.4. The lowest BCUT2D eigenvalue weighted by Crippen LogP contribution is -2.54. The molecule has 0 heterocycles. The molecule has 0 aliphatic carbocycles. The molecule has 11 nitrogen and oxygen atoms in total. The van der Waals surface area contributed by atoms with Gasteiger partial charge in [0.15, 0.2) is 0 Å². The minimum absolute atomic E-state index is 0.184. The molecular formula is C18H24N4O7. The van der Waals surface area contributed by atoms with E-state index in [1.807, 2.05) is 0 Å². The highest BCUT2D eigenvalue weighted by molar-refractivity contribution is 5.94. The van der Waals surface area contributed by atoms with Crippen molar-refractivity contribution in [2.45, 2.75) is 37.9 Å². The molecule has 0 aromatic heterocycles. The summed E-state index contributed by atoms with van der Waals surface area (Å²) in [5.41, 5.74) is 6.61.